The van der Waals surface area contributed by atoms with Crippen molar-refractivity contribution in [3.05, 3.63) is 29.8 Å². The van der Waals surface area contributed by atoms with Crippen molar-refractivity contribution in [3.63, 3.8) is 0 Å². The second-order valence-corrected chi connectivity index (χ2v) is 4.32. The van der Waals surface area contributed by atoms with E-state index in [1.807, 2.05) is 0 Å². The first-order valence-corrected chi connectivity index (χ1v) is 5.26. The molecule has 4 nitrogen and oxygen atoms in total. The van der Waals surface area contributed by atoms with E-state index < -0.39 is 12.8 Å². The molecule has 0 amide bonds. The molecule has 1 aromatic rings. The lowest BCUT2D eigenvalue weighted by atomic mass is 10.2. The van der Waals surface area contributed by atoms with Crippen LogP contribution in [0.1, 0.15) is 10.4 Å². The zero-order chi connectivity index (χ0) is 10.1. The zero-order valence-corrected chi connectivity index (χ0v) is 8.00. The van der Waals surface area contributed by atoms with Crippen LogP contribution < -0.4 is 5.30 Å². The van der Waals surface area contributed by atoms with Crippen LogP contribution in [0.25, 0.3) is 0 Å². The summed E-state index contributed by atoms with van der Waals surface area (Å²) in [6.07, 6.45) is 0. The van der Waals surface area contributed by atoms with E-state index in [4.69, 9.17) is 21.4 Å². The molecule has 1 aromatic carbocycles. The lowest BCUT2D eigenvalue weighted by molar-refractivity contribution is 0.108. The Labute approximate surface area is 79.3 Å². The van der Waals surface area contributed by atoms with Crippen LogP contribution in [0.5, 0.6) is 0 Å². The Morgan fingerprint density at radius 3 is 2.46 bits per heavy atom. The highest BCUT2D eigenvalue weighted by Crippen LogP contribution is 2.33. The topological polar surface area (TPSA) is 74.6 Å². The van der Waals surface area contributed by atoms with Crippen LogP contribution in [0, 0.1) is 0 Å². The first-order chi connectivity index (χ1) is 5.91. The summed E-state index contributed by atoms with van der Waals surface area (Å²) in [5, 5.41) is -0.950. The van der Waals surface area contributed by atoms with Crippen LogP contribution in [-0.4, -0.2) is 15.0 Å². The third kappa shape index (κ3) is 2.64. The molecule has 0 bridgehead atoms. The molecule has 0 unspecified atom stereocenters. The van der Waals surface area contributed by atoms with E-state index in [1.165, 1.54) is 18.2 Å². The van der Waals surface area contributed by atoms with Crippen molar-refractivity contribution in [3.8, 4) is 0 Å². The molecule has 0 saturated heterocycles. The van der Waals surface area contributed by atoms with Gasteiger partial charge in [0.15, 0.2) is 0 Å². The molecule has 1 rings (SSSR count). The minimum atomic E-state index is -4.30. The maximum absolute atomic E-state index is 10.7. The molecule has 0 aromatic heterocycles. The first-order valence-electron chi connectivity index (χ1n) is 3.27. The third-order valence-corrected chi connectivity index (χ3v) is 2.58. The van der Waals surface area contributed by atoms with Crippen LogP contribution in [0.2, 0.25) is 0 Å². The van der Waals surface area contributed by atoms with Gasteiger partial charge in [0.2, 0.25) is 0 Å². The van der Waals surface area contributed by atoms with Crippen molar-refractivity contribution in [1.82, 2.24) is 0 Å². The number of hydrogen-bond donors (Lipinski definition) is 2. The van der Waals surface area contributed by atoms with Crippen LogP contribution >= 0.6 is 19.2 Å². The number of hydrogen-bond acceptors (Lipinski definition) is 2. The van der Waals surface area contributed by atoms with Crippen molar-refractivity contribution >= 4 is 29.7 Å². The minimum Gasteiger partial charge on any atom is -0.321 e. The van der Waals surface area contributed by atoms with E-state index in [2.05, 4.69) is 0 Å². The standard InChI is InChI=1S/C7H6ClO4P/c8-7(9)5-2-1-3-6(4-5)13(10,11)12/h1-4H,(H2,10,11,12). The van der Waals surface area contributed by atoms with Gasteiger partial charge in [-0.25, -0.2) is 0 Å². The quantitative estimate of drug-likeness (QED) is 0.573. The molecule has 0 fully saturated rings. The Hall–Kier alpha value is -0.670. The van der Waals surface area contributed by atoms with Crippen molar-refractivity contribution in [1.29, 1.82) is 0 Å². The molecule has 0 aliphatic heterocycles. The van der Waals surface area contributed by atoms with Crippen molar-refractivity contribution < 1.29 is 19.1 Å². The molecule has 0 radical (unpaired) electrons. The first kappa shape index (κ1) is 10.4. The summed E-state index contributed by atoms with van der Waals surface area (Å²) in [6, 6.07) is 5.07. The molecule has 70 valence electrons. The molecular formula is C7H6ClO4P. The Balaban J connectivity index is 3.21. The lowest BCUT2D eigenvalue weighted by Crippen LogP contribution is -2.05. The fourth-order valence-corrected chi connectivity index (χ4v) is 1.51. The molecular weight excluding hydrogens is 214 g/mol. The predicted octanol–water partition coefficient (Wildman–Crippen LogP) is 0.869. The van der Waals surface area contributed by atoms with E-state index in [1.54, 1.807) is 0 Å². The lowest BCUT2D eigenvalue weighted by Gasteiger charge is -2.03. The summed E-state index contributed by atoms with van der Waals surface area (Å²) in [6.45, 7) is 0. The van der Waals surface area contributed by atoms with Crippen molar-refractivity contribution in [2.24, 2.45) is 0 Å². The minimum absolute atomic E-state index is 0.0718. The van der Waals surface area contributed by atoms with Crippen molar-refractivity contribution in [2.75, 3.05) is 0 Å². The fourth-order valence-electron chi connectivity index (χ4n) is 0.809. The van der Waals surface area contributed by atoms with Crippen LogP contribution in [-0.2, 0) is 4.57 Å². The van der Waals surface area contributed by atoms with Gasteiger partial charge in [0, 0.05) is 5.56 Å². The number of benzene rings is 1. The number of rotatable bonds is 2. The molecule has 0 saturated carbocycles. The van der Waals surface area contributed by atoms with Gasteiger partial charge < -0.3 is 9.79 Å². The predicted molar refractivity (Wildman–Crippen MR) is 48.3 cm³/mol. The maximum atomic E-state index is 10.7. The highest BCUT2D eigenvalue weighted by atomic mass is 35.5. The molecule has 0 aliphatic rings. The van der Waals surface area contributed by atoms with Gasteiger partial charge in [0.05, 0.1) is 5.30 Å². The van der Waals surface area contributed by atoms with Gasteiger partial charge in [-0.2, -0.15) is 0 Å². The molecule has 0 aliphatic carbocycles. The van der Waals surface area contributed by atoms with Crippen molar-refractivity contribution in [2.45, 2.75) is 0 Å². The number of halogens is 1. The van der Waals surface area contributed by atoms with E-state index in [-0.39, 0.29) is 10.9 Å². The zero-order valence-electron chi connectivity index (χ0n) is 6.35. The Kier molecular flexibility index (Phi) is 2.88. The van der Waals surface area contributed by atoms with Gasteiger partial charge in [-0.15, -0.1) is 0 Å². The summed E-state index contributed by atoms with van der Waals surface area (Å²) < 4.78 is 10.7. The third-order valence-electron chi connectivity index (χ3n) is 1.41. The molecule has 6 heteroatoms. The average Bonchev–Trinajstić information content (AvgIpc) is 2.03. The van der Waals surface area contributed by atoms with E-state index in [9.17, 15) is 9.36 Å². The van der Waals surface area contributed by atoms with E-state index in [0.29, 0.717) is 0 Å². The normalized spacial score (nSPS) is 11.3. The van der Waals surface area contributed by atoms with Gasteiger partial charge in [-0.1, -0.05) is 12.1 Å². The monoisotopic (exact) mass is 220 g/mol. The van der Waals surface area contributed by atoms with Gasteiger partial charge >= 0.3 is 7.60 Å². The fraction of sp³-hybridized carbons (Fsp3) is 0. The van der Waals surface area contributed by atoms with Gasteiger partial charge in [-0.3, -0.25) is 9.36 Å². The molecule has 0 heterocycles. The van der Waals surface area contributed by atoms with Gasteiger partial charge in [0.25, 0.3) is 5.24 Å². The smallest absolute Gasteiger partial charge is 0.321 e. The summed E-state index contributed by atoms with van der Waals surface area (Å²) in [7, 11) is -4.30. The highest BCUT2D eigenvalue weighted by Gasteiger charge is 2.17. The van der Waals surface area contributed by atoms with Gasteiger partial charge in [0.1, 0.15) is 0 Å². The second kappa shape index (κ2) is 3.60. The second-order valence-electron chi connectivity index (χ2n) is 2.37. The molecule has 2 N–H and O–H groups in total. The summed E-state index contributed by atoms with van der Waals surface area (Å²) in [5.74, 6) is 0. The average molecular weight is 221 g/mol. The molecule has 0 atom stereocenters. The van der Waals surface area contributed by atoms with Crippen LogP contribution in [0.15, 0.2) is 24.3 Å². The SMILES string of the molecule is O=C(Cl)c1cccc(P(=O)(O)O)c1. The molecule has 13 heavy (non-hydrogen) atoms. The molecule has 0 spiro atoms. The Morgan fingerprint density at radius 2 is 2.00 bits per heavy atom. The van der Waals surface area contributed by atoms with E-state index >= 15 is 0 Å². The van der Waals surface area contributed by atoms with E-state index in [0.717, 1.165) is 6.07 Å². The summed E-state index contributed by atoms with van der Waals surface area (Å²) in [4.78, 5) is 28.1. The Morgan fingerprint density at radius 1 is 1.38 bits per heavy atom. The Bertz CT molecular complexity index is 384. The summed E-state index contributed by atoms with van der Waals surface area (Å²) in [5.41, 5.74) is 0.0718. The van der Waals surface area contributed by atoms with Gasteiger partial charge in [-0.05, 0) is 23.7 Å². The van der Waals surface area contributed by atoms with Crippen LogP contribution in [0.4, 0.5) is 0 Å². The largest absolute Gasteiger partial charge is 0.356 e. The number of carbonyl (C=O) groups excluding carboxylic acids is 1. The summed E-state index contributed by atoms with van der Waals surface area (Å²) >= 11 is 5.13. The highest BCUT2D eigenvalue weighted by molar-refractivity contribution is 7.60. The maximum Gasteiger partial charge on any atom is 0.356 e. The number of carbonyl (C=O) groups is 1. The van der Waals surface area contributed by atoms with Crippen LogP contribution in [0.3, 0.4) is 0 Å².